The number of amides is 1. The lowest BCUT2D eigenvalue weighted by atomic mass is 10.1. The van der Waals surface area contributed by atoms with E-state index in [1.54, 1.807) is 32.1 Å². The Kier molecular flexibility index (Phi) is 7.05. The van der Waals surface area contributed by atoms with Crippen LogP contribution in [-0.2, 0) is 4.74 Å². The summed E-state index contributed by atoms with van der Waals surface area (Å²) < 4.78 is 22.3. The normalized spacial score (nSPS) is 25.8. The Bertz CT molecular complexity index is 986. The molecule has 5 nitrogen and oxygen atoms in total. The lowest BCUT2D eigenvalue weighted by molar-refractivity contribution is 0.0256. The van der Waals surface area contributed by atoms with Gasteiger partial charge in [-0.05, 0) is 75.7 Å². The molecule has 10 heteroatoms. The number of thiocarbonyl (C=S) groups is 2. The first-order valence-electron chi connectivity index (χ1n) is 10.8. The first-order chi connectivity index (χ1) is 15.1. The summed E-state index contributed by atoms with van der Waals surface area (Å²) in [6.07, 6.45) is 1.63. The van der Waals surface area contributed by atoms with Crippen molar-refractivity contribution in [3.8, 4) is 0 Å². The molecule has 0 spiro atoms. The van der Waals surface area contributed by atoms with E-state index < -0.39 is 23.9 Å². The zero-order valence-corrected chi connectivity index (χ0v) is 21.6. The lowest BCUT2D eigenvalue weighted by Gasteiger charge is -2.29. The topological polar surface area (TPSA) is 53.6 Å². The number of nitrogens with zero attached hydrogens (tertiary/aromatic N) is 1. The van der Waals surface area contributed by atoms with Crippen LogP contribution in [0.15, 0.2) is 17.5 Å². The van der Waals surface area contributed by atoms with E-state index in [-0.39, 0.29) is 19.0 Å². The van der Waals surface area contributed by atoms with Gasteiger partial charge in [0.1, 0.15) is 16.8 Å². The number of hydrogen-bond donors (Lipinski definition) is 2. The van der Waals surface area contributed by atoms with E-state index >= 15 is 0 Å². The number of fused-ring (bicyclic) bond motifs is 1. The summed E-state index contributed by atoms with van der Waals surface area (Å²) in [4.78, 5) is 15.7. The van der Waals surface area contributed by atoms with E-state index in [1.165, 1.54) is 19.2 Å². The van der Waals surface area contributed by atoms with E-state index in [4.69, 9.17) is 29.2 Å². The molecule has 2 aromatic heterocycles. The molecule has 2 fully saturated rings. The SMILES string of the molecule is CC(C)(C)OC(=O)N1C[C@H](F)C[C@H]1C(=S)NC(=S)NC1CCC(c2cc3sccc3s2)C1. The predicted molar refractivity (Wildman–Crippen MR) is 138 cm³/mol. The molecule has 2 unspecified atom stereocenters. The molecule has 1 saturated heterocycles. The summed E-state index contributed by atoms with van der Waals surface area (Å²) in [5.74, 6) is 0.539. The maximum absolute atomic E-state index is 14.1. The second kappa shape index (κ2) is 9.48. The summed E-state index contributed by atoms with van der Waals surface area (Å²) in [7, 11) is 0. The molecule has 1 aliphatic carbocycles. The quantitative estimate of drug-likeness (QED) is 0.511. The number of likely N-dealkylation sites (tertiary alicyclic amines) is 1. The van der Waals surface area contributed by atoms with Gasteiger partial charge in [-0.25, -0.2) is 9.18 Å². The maximum atomic E-state index is 14.1. The van der Waals surface area contributed by atoms with Crippen LogP contribution in [0.3, 0.4) is 0 Å². The van der Waals surface area contributed by atoms with Crippen LogP contribution in [0.4, 0.5) is 9.18 Å². The second-order valence-corrected chi connectivity index (χ2v) is 12.4. The van der Waals surface area contributed by atoms with Crippen molar-refractivity contribution in [2.75, 3.05) is 6.54 Å². The number of halogens is 1. The number of carbonyl (C=O) groups is 1. The minimum absolute atomic E-state index is 0.0237. The Labute approximate surface area is 206 Å². The highest BCUT2D eigenvalue weighted by atomic mass is 32.1. The first-order valence-corrected chi connectivity index (χ1v) is 13.3. The highest BCUT2D eigenvalue weighted by Crippen LogP contribution is 2.41. The molecule has 1 amide bonds. The number of ether oxygens (including phenoxy) is 1. The number of hydrogen-bond acceptors (Lipinski definition) is 6. The maximum Gasteiger partial charge on any atom is 0.410 e. The smallest absolute Gasteiger partial charge is 0.410 e. The standard InChI is InChI=1S/C22H28FN3O2S4/c1-22(2,3)28-21(27)26-11-13(23)9-15(26)19(29)25-20(30)24-14-5-4-12(8-14)17-10-18-16(32-17)6-7-31-18/h6-7,10,12-15H,4-5,8-9,11H2,1-3H3,(H2,24,25,29,30)/t12?,13-,14?,15+/m1/s1. The minimum Gasteiger partial charge on any atom is -0.444 e. The van der Waals surface area contributed by atoms with Crippen molar-refractivity contribution in [3.63, 3.8) is 0 Å². The van der Waals surface area contributed by atoms with Gasteiger partial charge in [0, 0.05) is 26.7 Å². The Morgan fingerprint density at radius 1 is 1.25 bits per heavy atom. The molecule has 0 radical (unpaired) electrons. The van der Waals surface area contributed by atoms with Gasteiger partial charge in [0.2, 0.25) is 0 Å². The molecule has 2 aromatic rings. The first kappa shape index (κ1) is 23.8. The molecule has 3 heterocycles. The van der Waals surface area contributed by atoms with Crippen molar-refractivity contribution < 1.29 is 13.9 Å². The van der Waals surface area contributed by atoms with Crippen LogP contribution in [0.5, 0.6) is 0 Å². The number of alkyl halides is 1. The van der Waals surface area contributed by atoms with Crippen molar-refractivity contribution in [1.82, 2.24) is 15.5 Å². The van der Waals surface area contributed by atoms with Crippen LogP contribution in [0.2, 0.25) is 0 Å². The van der Waals surface area contributed by atoms with Gasteiger partial charge in [0.25, 0.3) is 0 Å². The van der Waals surface area contributed by atoms with Gasteiger partial charge in [-0.15, -0.1) is 22.7 Å². The minimum atomic E-state index is -1.13. The van der Waals surface area contributed by atoms with Gasteiger partial charge in [-0.1, -0.05) is 12.2 Å². The molecular formula is C22H28FN3O2S4. The van der Waals surface area contributed by atoms with Crippen LogP contribution in [0.1, 0.15) is 57.2 Å². The highest BCUT2D eigenvalue weighted by molar-refractivity contribution is 7.82. The van der Waals surface area contributed by atoms with E-state index in [0.717, 1.165) is 19.3 Å². The van der Waals surface area contributed by atoms with E-state index in [2.05, 4.69) is 28.1 Å². The third-order valence-corrected chi connectivity index (χ3v) is 8.60. The summed E-state index contributed by atoms with van der Waals surface area (Å²) in [5, 5.41) is 8.96. The molecule has 0 aromatic carbocycles. The van der Waals surface area contributed by atoms with Crippen molar-refractivity contribution in [3.05, 3.63) is 22.4 Å². The van der Waals surface area contributed by atoms with Crippen molar-refractivity contribution in [1.29, 1.82) is 0 Å². The lowest BCUT2D eigenvalue weighted by Crippen LogP contribution is -2.51. The average Bonchev–Trinajstić information content (AvgIpc) is 3.42. The molecule has 4 rings (SSSR count). The zero-order valence-electron chi connectivity index (χ0n) is 18.4. The van der Waals surface area contributed by atoms with Crippen LogP contribution in [-0.4, -0.2) is 51.5 Å². The highest BCUT2D eigenvalue weighted by Gasteiger charge is 2.40. The number of carbonyl (C=O) groups excluding carboxylic acids is 1. The molecule has 1 aliphatic heterocycles. The fraction of sp³-hybridized carbons (Fsp3) is 0.591. The van der Waals surface area contributed by atoms with Crippen LogP contribution in [0, 0.1) is 0 Å². The zero-order chi connectivity index (χ0) is 23.0. The molecule has 32 heavy (non-hydrogen) atoms. The van der Waals surface area contributed by atoms with Gasteiger partial charge in [-0.3, -0.25) is 4.90 Å². The van der Waals surface area contributed by atoms with Gasteiger partial charge >= 0.3 is 6.09 Å². The Balaban J connectivity index is 1.30. The van der Waals surface area contributed by atoms with Crippen molar-refractivity contribution in [2.45, 2.75) is 76.2 Å². The number of rotatable bonds is 3. The van der Waals surface area contributed by atoms with Crippen molar-refractivity contribution in [2.24, 2.45) is 0 Å². The van der Waals surface area contributed by atoms with Crippen molar-refractivity contribution >= 4 is 72.7 Å². The molecule has 0 bridgehead atoms. The van der Waals surface area contributed by atoms with Gasteiger partial charge in [0.05, 0.1) is 12.6 Å². The van der Waals surface area contributed by atoms with Gasteiger partial charge in [0.15, 0.2) is 5.11 Å². The fourth-order valence-electron chi connectivity index (χ4n) is 4.33. The Morgan fingerprint density at radius 3 is 2.75 bits per heavy atom. The Hall–Kier alpha value is -1.36. The average molecular weight is 514 g/mol. The summed E-state index contributed by atoms with van der Waals surface area (Å²) in [6.45, 7) is 5.33. The summed E-state index contributed by atoms with van der Waals surface area (Å²) in [5.41, 5.74) is -0.654. The molecule has 1 saturated carbocycles. The third-order valence-electron chi connectivity index (χ3n) is 5.75. The number of nitrogens with one attached hydrogen (secondary N) is 2. The second-order valence-electron chi connectivity index (χ2n) is 9.45. The van der Waals surface area contributed by atoms with Crippen LogP contribution < -0.4 is 10.6 Å². The van der Waals surface area contributed by atoms with Crippen LogP contribution >= 0.6 is 47.1 Å². The Morgan fingerprint density at radius 2 is 2.03 bits per heavy atom. The van der Waals surface area contributed by atoms with E-state index in [9.17, 15) is 9.18 Å². The largest absolute Gasteiger partial charge is 0.444 e. The fourth-order valence-corrected chi connectivity index (χ4v) is 7.26. The summed E-state index contributed by atoms with van der Waals surface area (Å²) in [6, 6.07) is 4.21. The molecule has 174 valence electrons. The predicted octanol–water partition coefficient (Wildman–Crippen LogP) is 5.74. The van der Waals surface area contributed by atoms with Gasteiger partial charge in [-0.2, -0.15) is 0 Å². The van der Waals surface area contributed by atoms with Crippen LogP contribution in [0.25, 0.3) is 9.40 Å². The molecular weight excluding hydrogens is 486 g/mol. The van der Waals surface area contributed by atoms with Gasteiger partial charge < -0.3 is 15.4 Å². The third kappa shape index (κ3) is 5.58. The monoisotopic (exact) mass is 513 g/mol. The number of thiophene rings is 2. The molecule has 4 atom stereocenters. The molecule has 2 aliphatic rings. The summed E-state index contributed by atoms with van der Waals surface area (Å²) >= 11 is 14.7. The molecule has 2 N–H and O–H groups in total. The van der Waals surface area contributed by atoms with E-state index in [1.807, 2.05) is 11.3 Å². The van der Waals surface area contributed by atoms with E-state index in [0.29, 0.717) is 16.0 Å².